The first-order valence-electron chi connectivity index (χ1n) is 5.03. The van der Waals surface area contributed by atoms with Gasteiger partial charge in [0, 0.05) is 6.04 Å². The van der Waals surface area contributed by atoms with E-state index < -0.39 is 0 Å². The largest absolute Gasteiger partial charge is 0.365 e. The summed E-state index contributed by atoms with van der Waals surface area (Å²) in [5.74, 6) is 0. The number of aryl methyl sites for hydroxylation is 1. The molecule has 1 aromatic carbocycles. The number of fused-ring (bicyclic) bond motifs is 1. The highest BCUT2D eigenvalue weighted by molar-refractivity contribution is 5.81. The molecule has 0 spiro atoms. The lowest BCUT2D eigenvalue weighted by Gasteiger charge is -2.08. The minimum atomic E-state index is -0.297. The fourth-order valence-electron chi connectivity index (χ4n) is 1.79. The predicted molar refractivity (Wildman–Crippen MR) is 58.8 cm³/mol. The van der Waals surface area contributed by atoms with Crippen LogP contribution >= 0.6 is 0 Å². The Balaban J connectivity index is 2.88. The zero-order chi connectivity index (χ0) is 11.0. The summed E-state index contributed by atoms with van der Waals surface area (Å²) in [6.07, 6.45) is 0. The van der Waals surface area contributed by atoms with Crippen LogP contribution in [-0.2, 0) is 6.54 Å². The van der Waals surface area contributed by atoms with Gasteiger partial charge in [-0.05, 0) is 25.5 Å². The number of hydrogen-bond acceptors (Lipinski definition) is 3. The van der Waals surface area contributed by atoms with Crippen LogP contribution in [0.2, 0.25) is 0 Å². The fourth-order valence-corrected chi connectivity index (χ4v) is 1.79. The maximum atomic E-state index is 11.5. The van der Waals surface area contributed by atoms with E-state index in [4.69, 9.17) is 10.3 Å². The molecule has 0 fully saturated rings. The smallest absolute Gasteiger partial charge is 0.335 e. The third kappa shape index (κ3) is 1.47. The topological polar surface area (TPSA) is 61.2 Å². The van der Waals surface area contributed by atoms with Crippen LogP contribution in [0, 0.1) is 0 Å². The zero-order valence-corrected chi connectivity index (χ0v) is 8.86. The predicted octanol–water partition coefficient (Wildman–Crippen LogP) is 1.63. The van der Waals surface area contributed by atoms with Crippen LogP contribution in [0.3, 0.4) is 0 Å². The molecule has 80 valence electrons. The van der Waals surface area contributed by atoms with Crippen molar-refractivity contribution >= 4 is 10.9 Å². The van der Waals surface area contributed by atoms with Gasteiger partial charge in [-0.1, -0.05) is 12.1 Å². The van der Waals surface area contributed by atoms with Crippen LogP contribution in [0.4, 0.5) is 0 Å². The summed E-state index contributed by atoms with van der Waals surface area (Å²) in [4.78, 5) is 11.5. The van der Waals surface area contributed by atoms with Crippen molar-refractivity contribution in [3.8, 4) is 0 Å². The maximum Gasteiger partial charge on any atom is 0.365 e. The Labute approximate surface area is 87.2 Å². The van der Waals surface area contributed by atoms with E-state index in [1.807, 2.05) is 26.0 Å². The highest BCUT2D eigenvalue weighted by Crippen LogP contribution is 2.21. The summed E-state index contributed by atoms with van der Waals surface area (Å²) in [6.45, 7) is 4.45. The third-order valence-corrected chi connectivity index (χ3v) is 2.51. The van der Waals surface area contributed by atoms with Gasteiger partial charge in [-0.15, -0.1) is 0 Å². The van der Waals surface area contributed by atoms with Gasteiger partial charge in [0.05, 0.1) is 17.4 Å². The van der Waals surface area contributed by atoms with Crippen molar-refractivity contribution in [3.05, 3.63) is 34.2 Å². The van der Waals surface area contributed by atoms with E-state index in [1.165, 1.54) is 0 Å². The normalized spacial score (nSPS) is 13.3. The Kier molecular flexibility index (Phi) is 2.36. The van der Waals surface area contributed by atoms with E-state index in [0.717, 1.165) is 11.1 Å². The van der Waals surface area contributed by atoms with Crippen molar-refractivity contribution in [1.29, 1.82) is 0 Å². The molecule has 2 rings (SSSR count). The molecule has 0 aliphatic rings. The molecule has 2 aromatic rings. The molecular weight excluding hydrogens is 192 g/mol. The second-order valence-electron chi connectivity index (χ2n) is 3.61. The Morgan fingerprint density at radius 3 is 2.87 bits per heavy atom. The monoisotopic (exact) mass is 206 g/mol. The summed E-state index contributed by atoms with van der Waals surface area (Å²) in [5.41, 5.74) is 7.32. The summed E-state index contributed by atoms with van der Waals surface area (Å²) >= 11 is 0. The number of benzene rings is 1. The number of aromatic nitrogens is 1. The molecule has 1 aromatic heterocycles. The Hall–Kier alpha value is -1.55. The first kappa shape index (κ1) is 9.98. The minimum absolute atomic E-state index is 0.108. The average Bonchev–Trinajstić information content (AvgIpc) is 2.55. The van der Waals surface area contributed by atoms with Crippen LogP contribution < -0.4 is 11.4 Å². The molecule has 0 bridgehead atoms. The molecule has 0 radical (unpaired) electrons. The van der Waals surface area contributed by atoms with Crippen LogP contribution in [0.25, 0.3) is 10.9 Å². The van der Waals surface area contributed by atoms with Gasteiger partial charge in [-0.25, -0.2) is 9.53 Å². The lowest BCUT2D eigenvalue weighted by atomic mass is 10.1. The van der Waals surface area contributed by atoms with Crippen molar-refractivity contribution in [2.24, 2.45) is 5.73 Å². The van der Waals surface area contributed by atoms with Crippen molar-refractivity contribution in [2.75, 3.05) is 0 Å². The summed E-state index contributed by atoms with van der Waals surface area (Å²) in [7, 11) is 0. The van der Waals surface area contributed by atoms with Crippen molar-refractivity contribution in [3.63, 3.8) is 0 Å². The Morgan fingerprint density at radius 2 is 2.27 bits per heavy atom. The van der Waals surface area contributed by atoms with Gasteiger partial charge in [-0.2, -0.15) is 0 Å². The van der Waals surface area contributed by atoms with Gasteiger partial charge in [-0.3, -0.25) is 0 Å². The molecule has 0 saturated carbocycles. The molecule has 0 aliphatic carbocycles. The highest BCUT2D eigenvalue weighted by Gasteiger charge is 2.13. The lowest BCUT2D eigenvalue weighted by Crippen LogP contribution is -2.07. The van der Waals surface area contributed by atoms with E-state index in [2.05, 4.69) is 0 Å². The third-order valence-electron chi connectivity index (χ3n) is 2.51. The Morgan fingerprint density at radius 1 is 1.53 bits per heavy atom. The number of nitrogens with zero attached hydrogens (tertiary/aromatic N) is 1. The van der Waals surface area contributed by atoms with E-state index in [1.54, 1.807) is 10.8 Å². The van der Waals surface area contributed by atoms with E-state index in [9.17, 15) is 4.79 Å². The van der Waals surface area contributed by atoms with Gasteiger partial charge in [0.1, 0.15) is 0 Å². The molecule has 0 amide bonds. The van der Waals surface area contributed by atoms with Crippen LogP contribution in [0.1, 0.15) is 25.5 Å². The van der Waals surface area contributed by atoms with Crippen LogP contribution in [0.15, 0.2) is 27.5 Å². The van der Waals surface area contributed by atoms with Gasteiger partial charge >= 0.3 is 5.63 Å². The summed E-state index contributed by atoms with van der Waals surface area (Å²) < 4.78 is 6.70. The van der Waals surface area contributed by atoms with Crippen LogP contribution in [0.5, 0.6) is 0 Å². The number of rotatable bonds is 2. The highest BCUT2D eigenvalue weighted by atomic mass is 16.5. The molecule has 1 atom stereocenters. The number of hydrogen-bond donors (Lipinski definition) is 1. The first-order valence-corrected chi connectivity index (χ1v) is 5.03. The molecule has 0 saturated heterocycles. The maximum absolute atomic E-state index is 11.5. The molecule has 1 unspecified atom stereocenters. The molecular formula is C11H14N2O2. The molecule has 1 heterocycles. The molecule has 15 heavy (non-hydrogen) atoms. The second-order valence-corrected chi connectivity index (χ2v) is 3.61. The molecule has 0 aliphatic heterocycles. The van der Waals surface area contributed by atoms with Gasteiger partial charge in [0.25, 0.3) is 0 Å². The van der Waals surface area contributed by atoms with Crippen molar-refractivity contribution in [1.82, 2.24) is 4.74 Å². The average molecular weight is 206 g/mol. The van der Waals surface area contributed by atoms with Crippen LogP contribution in [-0.4, -0.2) is 4.74 Å². The fraction of sp³-hybridized carbons (Fsp3) is 0.364. The van der Waals surface area contributed by atoms with Gasteiger partial charge < -0.3 is 10.3 Å². The quantitative estimate of drug-likeness (QED) is 0.812. The first-order chi connectivity index (χ1) is 7.15. The zero-order valence-electron chi connectivity index (χ0n) is 8.86. The number of nitrogens with two attached hydrogens (primary N) is 1. The minimum Gasteiger partial charge on any atom is -0.335 e. The molecule has 2 N–H and O–H groups in total. The Bertz CT molecular complexity index is 537. The molecule has 4 nitrogen and oxygen atoms in total. The number of para-hydroxylation sites is 1. The lowest BCUT2D eigenvalue weighted by molar-refractivity contribution is 0.269. The second kappa shape index (κ2) is 3.55. The summed E-state index contributed by atoms with van der Waals surface area (Å²) in [6, 6.07) is 5.41. The van der Waals surface area contributed by atoms with E-state index in [0.29, 0.717) is 11.9 Å². The van der Waals surface area contributed by atoms with Crippen molar-refractivity contribution < 1.29 is 4.52 Å². The van der Waals surface area contributed by atoms with Gasteiger partial charge in [0.15, 0.2) is 0 Å². The molecule has 4 heteroatoms. The van der Waals surface area contributed by atoms with Crippen molar-refractivity contribution in [2.45, 2.75) is 26.4 Å². The van der Waals surface area contributed by atoms with Gasteiger partial charge in [0.2, 0.25) is 0 Å². The van der Waals surface area contributed by atoms with E-state index in [-0.39, 0.29) is 11.7 Å². The SMILES string of the molecule is CCn1oc(=O)c2cccc(C(C)N)c21. The standard InChI is InChI=1S/C11H14N2O2/c1-3-13-10-8(7(2)12)5-4-6-9(10)11(14)15-13/h4-7H,3,12H2,1-2H3. The van der Waals surface area contributed by atoms with E-state index >= 15 is 0 Å². The summed E-state index contributed by atoms with van der Waals surface area (Å²) in [5, 5.41) is 0.603.